The first-order valence-electron chi connectivity index (χ1n) is 10.5. The van der Waals surface area contributed by atoms with E-state index in [1.807, 2.05) is 55.5 Å². The number of nitrogen functional groups attached to an aromatic ring is 1. The number of hydrogen-bond acceptors (Lipinski definition) is 7. The first-order valence-corrected chi connectivity index (χ1v) is 11.5. The van der Waals surface area contributed by atoms with Crippen molar-refractivity contribution in [3.63, 3.8) is 0 Å². The maximum absolute atomic E-state index is 11.0. The number of pyridine rings is 1. The van der Waals surface area contributed by atoms with Gasteiger partial charge >= 0.3 is 0 Å². The van der Waals surface area contributed by atoms with E-state index in [9.17, 15) is 10.1 Å². The fraction of sp³-hybridized carbons (Fsp3) is 0.0800. The zero-order valence-corrected chi connectivity index (χ0v) is 19.1. The smallest absolute Gasteiger partial charge is 0.269 e. The molecule has 3 aromatic carbocycles. The lowest BCUT2D eigenvalue weighted by atomic mass is 10.0. The SMILES string of the molecule is Cc1ccc(-c2cc(-c3nnc(SCc4cccc([N+](=O)[O-])c4)n3N)c3ccccc3n2)cc1. The van der Waals surface area contributed by atoms with Crippen LogP contribution in [-0.2, 0) is 5.75 Å². The van der Waals surface area contributed by atoms with Crippen molar-refractivity contribution in [1.29, 1.82) is 0 Å². The summed E-state index contributed by atoms with van der Waals surface area (Å²) in [4.78, 5) is 15.5. The Morgan fingerprint density at radius 1 is 1.00 bits per heavy atom. The van der Waals surface area contributed by atoms with Crippen LogP contribution < -0.4 is 5.84 Å². The molecule has 0 bridgehead atoms. The van der Waals surface area contributed by atoms with Crippen LogP contribution in [0.15, 0.2) is 84.0 Å². The van der Waals surface area contributed by atoms with Gasteiger partial charge in [0.1, 0.15) is 0 Å². The zero-order valence-electron chi connectivity index (χ0n) is 18.3. The summed E-state index contributed by atoms with van der Waals surface area (Å²) >= 11 is 1.37. The number of thioether (sulfide) groups is 1. The van der Waals surface area contributed by atoms with Crippen molar-refractivity contribution in [3.8, 4) is 22.6 Å². The Balaban J connectivity index is 1.51. The molecule has 0 fully saturated rings. The summed E-state index contributed by atoms with van der Waals surface area (Å²) < 4.78 is 1.46. The molecule has 0 amide bonds. The summed E-state index contributed by atoms with van der Waals surface area (Å²) in [5, 5.41) is 21.1. The molecule has 168 valence electrons. The molecule has 5 aromatic rings. The highest BCUT2D eigenvalue weighted by Gasteiger charge is 2.17. The predicted molar refractivity (Wildman–Crippen MR) is 134 cm³/mol. The van der Waals surface area contributed by atoms with Gasteiger partial charge in [0.25, 0.3) is 5.69 Å². The molecule has 5 rings (SSSR count). The minimum Gasteiger partial charge on any atom is -0.335 e. The summed E-state index contributed by atoms with van der Waals surface area (Å²) in [6.45, 7) is 2.05. The number of nitro benzene ring substituents is 1. The Hall–Kier alpha value is -4.24. The van der Waals surface area contributed by atoms with Gasteiger partial charge in [-0.05, 0) is 24.6 Å². The molecule has 0 atom stereocenters. The van der Waals surface area contributed by atoms with Crippen LogP contribution in [0.1, 0.15) is 11.1 Å². The van der Waals surface area contributed by atoms with Crippen LogP contribution in [0.25, 0.3) is 33.5 Å². The molecule has 0 aliphatic heterocycles. The second kappa shape index (κ2) is 8.95. The molecule has 0 saturated heterocycles. The number of nitro groups is 1. The van der Waals surface area contributed by atoms with Gasteiger partial charge in [0, 0.05) is 34.4 Å². The van der Waals surface area contributed by atoms with Crippen molar-refractivity contribution in [2.24, 2.45) is 0 Å². The van der Waals surface area contributed by atoms with Crippen LogP contribution in [0.3, 0.4) is 0 Å². The molecule has 0 radical (unpaired) electrons. The summed E-state index contributed by atoms with van der Waals surface area (Å²) in [6, 6.07) is 24.6. The number of hydrogen-bond donors (Lipinski definition) is 1. The Morgan fingerprint density at radius 2 is 1.79 bits per heavy atom. The molecule has 0 spiro atoms. The van der Waals surface area contributed by atoms with E-state index in [4.69, 9.17) is 10.8 Å². The normalized spacial score (nSPS) is 11.1. The summed E-state index contributed by atoms with van der Waals surface area (Å²) in [6.07, 6.45) is 0. The molecule has 0 saturated carbocycles. The van der Waals surface area contributed by atoms with E-state index < -0.39 is 4.92 Å². The van der Waals surface area contributed by atoms with Crippen LogP contribution in [0.5, 0.6) is 0 Å². The van der Waals surface area contributed by atoms with Gasteiger partial charge in [-0.3, -0.25) is 10.1 Å². The van der Waals surface area contributed by atoms with E-state index in [2.05, 4.69) is 22.3 Å². The van der Waals surface area contributed by atoms with E-state index in [-0.39, 0.29) is 5.69 Å². The van der Waals surface area contributed by atoms with Crippen LogP contribution in [0, 0.1) is 17.0 Å². The van der Waals surface area contributed by atoms with Gasteiger partial charge in [-0.2, -0.15) is 0 Å². The standard InChI is InChI=1S/C25H20N6O2S/c1-16-9-11-18(12-10-16)23-14-21(20-7-2-3-8-22(20)27-23)24-28-29-25(30(24)26)34-15-17-5-4-6-19(13-17)31(32)33/h2-14H,15,26H2,1H3. The summed E-state index contributed by atoms with van der Waals surface area (Å²) in [5.41, 5.74) is 5.53. The third kappa shape index (κ3) is 4.20. The Labute approximate surface area is 199 Å². The van der Waals surface area contributed by atoms with Gasteiger partial charge in [0.2, 0.25) is 5.16 Å². The molecule has 0 aliphatic rings. The lowest BCUT2D eigenvalue weighted by Gasteiger charge is -2.10. The highest BCUT2D eigenvalue weighted by atomic mass is 32.2. The number of benzene rings is 3. The molecule has 8 nitrogen and oxygen atoms in total. The number of non-ortho nitro benzene ring substituents is 1. The summed E-state index contributed by atoms with van der Waals surface area (Å²) in [5.74, 6) is 7.42. The molecule has 0 aliphatic carbocycles. The van der Waals surface area contributed by atoms with E-state index in [1.165, 1.54) is 28.1 Å². The minimum atomic E-state index is -0.405. The van der Waals surface area contributed by atoms with Crippen molar-refractivity contribution in [1.82, 2.24) is 19.9 Å². The lowest BCUT2D eigenvalue weighted by molar-refractivity contribution is -0.384. The monoisotopic (exact) mass is 468 g/mol. The van der Waals surface area contributed by atoms with Crippen molar-refractivity contribution in [2.45, 2.75) is 17.8 Å². The predicted octanol–water partition coefficient (Wildman–Crippen LogP) is 5.38. The van der Waals surface area contributed by atoms with Crippen molar-refractivity contribution < 1.29 is 4.92 Å². The molecule has 2 aromatic heterocycles. The second-order valence-corrected chi connectivity index (χ2v) is 8.77. The van der Waals surface area contributed by atoms with Gasteiger partial charge in [0.15, 0.2) is 5.82 Å². The molecular formula is C25H20N6O2S. The average molecular weight is 469 g/mol. The third-order valence-electron chi connectivity index (χ3n) is 5.46. The third-order valence-corrected chi connectivity index (χ3v) is 6.47. The fourth-order valence-electron chi connectivity index (χ4n) is 3.70. The minimum absolute atomic E-state index is 0.0555. The number of rotatable bonds is 6. The summed E-state index contributed by atoms with van der Waals surface area (Å²) in [7, 11) is 0. The van der Waals surface area contributed by atoms with Crippen LogP contribution in [0.2, 0.25) is 0 Å². The van der Waals surface area contributed by atoms with Gasteiger partial charge in [-0.15, -0.1) is 10.2 Å². The quantitative estimate of drug-likeness (QED) is 0.154. The molecule has 2 N–H and O–H groups in total. The van der Waals surface area contributed by atoms with E-state index in [0.29, 0.717) is 16.7 Å². The van der Waals surface area contributed by atoms with Gasteiger partial charge in [-0.1, -0.05) is 71.9 Å². The molecule has 0 unspecified atom stereocenters. The Morgan fingerprint density at radius 3 is 2.59 bits per heavy atom. The van der Waals surface area contributed by atoms with Gasteiger partial charge < -0.3 is 5.84 Å². The van der Waals surface area contributed by atoms with E-state index >= 15 is 0 Å². The van der Waals surface area contributed by atoms with Crippen molar-refractivity contribution in [3.05, 3.63) is 100 Å². The number of fused-ring (bicyclic) bond motifs is 1. The Bertz CT molecular complexity index is 1510. The first kappa shape index (κ1) is 21.6. The van der Waals surface area contributed by atoms with Crippen molar-refractivity contribution >= 4 is 28.4 Å². The van der Waals surface area contributed by atoms with Crippen LogP contribution in [0.4, 0.5) is 5.69 Å². The van der Waals surface area contributed by atoms with Crippen LogP contribution in [-0.4, -0.2) is 24.8 Å². The number of aromatic nitrogens is 4. The number of para-hydroxylation sites is 1. The molecule has 34 heavy (non-hydrogen) atoms. The topological polar surface area (TPSA) is 113 Å². The van der Waals surface area contributed by atoms with Gasteiger partial charge in [-0.25, -0.2) is 9.66 Å². The highest BCUT2D eigenvalue weighted by molar-refractivity contribution is 7.98. The van der Waals surface area contributed by atoms with Crippen LogP contribution >= 0.6 is 11.8 Å². The van der Waals surface area contributed by atoms with Crippen molar-refractivity contribution in [2.75, 3.05) is 5.84 Å². The van der Waals surface area contributed by atoms with E-state index in [1.54, 1.807) is 12.1 Å². The van der Waals surface area contributed by atoms with E-state index in [0.717, 1.165) is 33.3 Å². The maximum Gasteiger partial charge on any atom is 0.269 e. The highest BCUT2D eigenvalue weighted by Crippen LogP contribution is 2.32. The fourth-order valence-corrected chi connectivity index (χ4v) is 4.50. The molecular weight excluding hydrogens is 448 g/mol. The average Bonchev–Trinajstić information content (AvgIpc) is 3.22. The molecule has 9 heteroatoms. The second-order valence-electron chi connectivity index (χ2n) is 7.83. The Kier molecular flexibility index (Phi) is 5.69. The zero-order chi connectivity index (χ0) is 23.7. The van der Waals surface area contributed by atoms with Gasteiger partial charge in [0.05, 0.1) is 16.1 Å². The first-order chi connectivity index (χ1) is 16.5. The number of nitrogens with two attached hydrogens (primary N) is 1. The lowest BCUT2D eigenvalue weighted by Crippen LogP contribution is -2.12. The largest absolute Gasteiger partial charge is 0.335 e. The number of nitrogens with zero attached hydrogens (tertiary/aromatic N) is 5. The number of aryl methyl sites for hydroxylation is 1. The maximum atomic E-state index is 11.0. The molecule has 2 heterocycles.